The Morgan fingerprint density at radius 2 is 0.767 bits per heavy atom. The van der Waals surface area contributed by atoms with Gasteiger partial charge < -0.3 is 71.0 Å². The van der Waals surface area contributed by atoms with Crippen molar-refractivity contribution in [3.05, 3.63) is 220 Å². The average Bonchev–Trinajstić information content (AvgIpc) is 1.74. The highest BCUT2D eigenvalue weighted by atomic mass is 35.5. The quantitative estimate of drug-likeness (QED) is 0.00682. The van der Waals surface area contributed by atoms with E-state index in [0.29, 0.717) is 157 Å². The van der Waals surface area contributed by atoms with Crippen molar-refractivity contribution >= 4 is 181 Å². The number of benzene rings is 2. The number of aromatic nitrogens is 5. The van der Waals surface area contributed by atoms with Gasteiger partial charge in [-0.25, -0.2) is 34.5 Å². The minimum Gasteiger partial charge on any atom is -0.475 e. The molecule has 7 aromatic heterocycles. The second kappa shape index (κ2) is 55.4. The van der Waals surface area contributed by atoms with Gasteiger partial charge in [0.25, 0.3) is 0 Å². The molecule has 0 fully saturated rings. The molecular formula is C88H110Cl9N9O23S4. The molecule has 2 atom stereocenters. The van der Waals surface area contributed by atoms with Crippen LogP contribution >= 0.6 is 127 Å². The number of hydrogen-bond donors (Lipinski definition) is 2. The number of carbonyl (C=O) groups excluding carboxylic acids is 2. The third-order valence-electron chi connectivity index (χ3n) is 18.3. The molecule has 32 nitrogen and oxygen atoms in total. The predicted molar refractivity (Wildman–Crippen MR) is 524 cm³/mol. The van der Waals surface area contributed by atoms with Gasteiger partial charge in [0, 0.05) is 114 Å². The summed E-state index contributed by atoms with van der Waals surface area (Å²) in [4.78, 5) is 70.0. The van der Waals surface area contributed by atoms with Crippen LogP contribution in [0.15, 0.2) is 102 Å². The number of thiophene rings is 2. The summed E-state index contributed by atoms with van der Waals surface area (Å²) in [7, 11) is -6.30. The summed E-state index contributed by atoms with van der Waals surface area (Å²) in [5.41, 5.74) is 6.35. The number of aliphatic hydroxyl groups excluding tert-OH is 2. The summed E-state index contributed by atoms with van der Waals surface area (Å²) < 4.78 is 114. The van der Waals surface area contributed by atoms with Gasteiger partial charge in [0.05, 0.1) is 128 Å². The van der Waals surface area contributed by atoms with Gasteiger partial charge in [-0.2, -0.15) is 16.8 Å². The van der Waals surface area contributed by atoms with Crippen molar-refractivity contribution in [2.24, 2.45) is 0 Å². The third-order valence-corrected chi connectivity index (χ3v) is 25.3. The van der Waals surface area contributed by atoms with Gasteiger partial charge in [0.1, 0.15) is 53.6 Å². The molecule has 0 saturated heterocycles. The smallest absolute Gasteiger partial charge is 0.341 e. The van der Waals surface area contributed by atoms with Crippen molar-refractivity contribution in [2.75, 3.05) is 127 Å². The molecule has 7 heterocycles. The Labute approximate surface area is 828 Å². The maximum atomic E-state index is 13.8. The van der Waals surface area contributed by atoms with Crippen molar-refractivity contribution in [3.8, 4) is 35.0 Å². The molecule has 0 bridgehead atoms. The molecule has 732 valence electrons. The van der Waals surface area contributed by atoms with Crippen molar-refractivity contribution in [2.45, 2.75) is 151 Å². The van der Waals surface area contributed by atoms with Gasteiger partial charge in [0.2, 0.25) is 23.5 Å². The first-order chi connectivity index (χ1) is 62.5. The van der Waals surface area contributed by atoms with Crippen LogP contribution < -0.4 is 37.1 Å². The molecule has 0 aliphatic heterocycles. The van der Waals surface area contributed by atoms with E-state index in [1.807, 2.05) is 79.0 Å². The van der Waals surface area contributed by atoms with Gasteiger partial charge in [-0.3, -0.25) is 20.2 Å². The van der Waals surface area contributed by atoms with E-state index in [2.05, 4.69) is 34.4 Å². The van der Waals surface area contributed by atoms with Crippen molar-refractivity contribution in [1.82, 2.24) is 24.9 Å². The van der Waals surface area contributed by atoms with Crippen molar-refractivity contribution in [1.29, 1.82) is 0 Å². The Balaban J connectivity index is 0.000000315. The predicted octanol–water partition coefficient (Wildman–Crippen LogP) is 20.4. The van der Waals surface area contributed by atoms with Crippen molar-refractivity contribution in [3.63, 3.8) is 0 Å². The fraction of sp³-hybridized carbons (Fsp3) is 0.466. The second-order valence-corrected chi connectivity index (χ2v) is 40.2. The van der Waals surface area contributed by atoms with E-state index in [4.69, 9.17) is 156 Å². The van der Waals surface area contributed by atoms with Crippen LogP contribution in [0.5, 0.6) is 35.0 Å². The van der Waals surface area contributed by atoms with Crippen LogP contribution in [0.4, 0.5) is 21.4 Å². The molecule has 0 radical (unpaired) electrons. The number of nitro groups is 2. The van der Waals surface area contributed by atoms with Crippen LogP contribution in [0.25, 0.3) is 0 Å². The summed E-state index contributed by atoms with van der Waals surface area (Å²) >= 11 is 55.1. The zero-order chi connectivity index (χ0) is 99.5. The molecule has 0 aliphatic carbocycles. The molecular weight excluding hydrogens is 2000 g/mol. The first kappa shape index (κ1) is 116. The van der Waals surface area contributed by atoms with E-state index in [0.717, 1.165) is 39.6 Å². The maximum Gasteiger partial charge on any atom is 0.341 e. The van der Waals surface area contributed by atoms with Crippen molar-refractivity contribution < 1.29 is 97.5 Å². The number of hydrogen-bond acceptors (Lipinski definition) is 32. The largest absolute Gasteiger partial charge is 0.475 e. The number of alkyl halides is 4. The second-order valence-electron chi connectivity index (χ2n) is 31.4. The number of halogens is 9. The molecule has 133 heavy (non-hydrogen) atoms. The Kier molecular flexibility index (Phi) is 48.2. The van der Waals surface area contributed by atoms with Gasteiger partial charge >= 0.3 is 42.2 Å². The first-order valence-corrected chi connectivity index (χ1v) is 49.6. The van der Waals surface area contributed by atoms with E-state index < -0.39 is 52.5 Å². The molecule has 2 unspecified atom stereocenters. The molecule has 0 amide bonds. The highest BCUT2D eigenvalue weighted by Gasteiger charge is 2.40. The van der Waals surface area contributed by atoms with E-state index in [9.17, 15) is 46.7 Å². The number of methoxy groups -OCH3 is 2. The number of ether oxygens (including phenoxy) is 9. The van der Waals surface area contributed by atoms with E-state index in [1.54, 1.807) is 71.0 Å². The number of esters is 2. The number of aryl methyl sites for hydroxylation is 6. The highest BCUT2D eigenvalue weighted by Crippen LogP contribution is 2.43. The minimum atomic E-state index is -4.47. The van der Waals surface area contributed by atoms with Crippen LogP contribution in [0.3, 0.4) is 0 Å². The van der Waals surface area contributed by atoms with Crippen LogP contribution in [0, 0.1) is 61.8 Å². The summed E-state index contributed by atoms with van der Waals surface area (Å²) in [5, 5.41) is 42.6. The molecule has 9 aromatic rings. The molecule has 0 spiro atoms. The molecule has 0 saturated carbocycles. The highest BCUT2D eigenvalue weighted by molar-refractivity contribution is 7.87. The Hall–Kier alpha value is -7.96. The van der Waals surface area contributed by atoms with Crippen LogP contribution in [0.2, 0.25) is 25.2 Å². The summed E-state index contributed by atoms with van der Waals surface area (Å²) in [5.74, 6) is 2.01. The Bertz CT molecular complexity index is 5390. The summed E-state index contributed by atoms with van der Waals surface area (Å²) in [6.45, 7) is 32.3. The van der Waals surface area contributed by atoms with Gasteiger partial charge in [-0.05, 0) is 204 Å². The molecule has 9 rings (SSSR count). The minimum absolute atomic E-state index is 0.00234. The normalized spacial score (nSPS) is 11.9. The zero-order valence-corrected chi connectivity index (χ0v) is 86.5. The lowest BCUT2D eigenvalue weighted by Gasteiger charge is -2.23. The monoisotopic (exact) mass is 2100 g/mol. The molecule has 2 aromatic carbocycles. The Morgan fingerprint density at radius 1 is 0.444 bits per heavy atom. The summed E-state index contributed by atoms with van der Waals surface area (Å²) in [6.07, 6.45) is -0.329. The lowest BCUT2D eigenvalue weighted by molar-refractivity contribution is -0.381. The summed E-state index contributed by atoms with van der Waals surface area (Å²) in [6, 6.07) is 23.3. The first-order valence-electron chi connectivity index (χ1n) is 40.8. The number of carbonyl (C=O) groups is 2. The fourth-order valence-corrected chi connectivity index (χ4v) is 18.9. The number of nitrogens with zero attached hydrogens (tertiary/aromatic N) is 9. The number of anilines is 2. The topological polar surface area (TPSA) is 402 Å². The lowest BCUT2D eigenvalue weighted by atomic mass is 10.00. The van der Waals surface area contributed by atoms with E-state index >= 15 is 0 Å². The zero-order valence-electron chi connectivity index (χ0n) is 76.4. The lowest BCUT2D eigenvalue weighted by Crippen LogP contribution is -2.27. The molecule has 0 aliphatic rings. The number of pyridine rings is 5. The van der Waals surface area contributed by atoms with Crippen LogP contribution in [0.1, 0.15) is 155 Å². The van der Waals surface area contributed by atoms with E-state index in [1.165, 1.54) is 79.6 Å². The number of aliphatic hydroxyl groups is 2. The fourth-order valence-electron chi connectivity index (χ4n) is 12.1. The molecule has 45 heteroatoms. The van der Waals surface area contributed by atoms with Crippen LogP contribution in [-0.4, -0.2) is 207 Å². The standard InChI is InChI=1S/C29H37Cl2N3O7S2.C24H26Cl3N3O7S2.C14H20ClNO4.C13H20ClNO3.C8H7Cl2NO2/c1-20-18-27(39-15-16-40-29(3,4)5)32-21(2)25(20)19-26(24-10-17-42-28(24)34(35)36)43(37,38)41-23-8-6-22(7-9-23)33(13-11-30)14-12-31;1-16-20(21(27)15-23(28-16)36-12-11-31)14-22(19-6-13-38-24(19)30(32)33)39(34,35)37-18-4-2-17(3-5-18)29(9-7-25)10-8-26;1-9-12(13(17)18-5)10(15)8-11(16-9)19-6-7-20-14(2,3)4;1-9-10(8-16)11(14)7-12(15-9)17-5-6-18-13(2,3)4;1-4-7(8(12)13-2)5(9)3-6(10)11-4/h6-10,17-18,26H,11-16,19H2,1-5H3;2-6,13,15,22,31H,7-12,14H2,1H3;8H,6-7H2,1-5H3;7,16H,5-6,8H2,1-4H3;3H,1-2H3. The van der Waals surface area contributed by atoms with Gasteiger partial charge in [-0.1, -0.05) is 80.7 Å². The van der Waals surface area contributed by atoms with Gasteiger partial charge in [-0.15, -0.1) is 46.4 Å². The molecule has 2 N–H and O–H groups in total. The van der Waals surface area contributed by atoms with E-state index in [-0.39, 0.29) is 119 Å². The SMILES string of the molecule is COC(=O)c1c(Cl)cc(Cl)nc1C.COC(=O)c1c(Cl)cc(OCCOC(C)(C)C)nc1C.Cc1cc(OCCOC(C)(C)C)nc(C)c1CC(c1ccsc1[N+](=O)[O-])S(=O)(=O)Oc1ccc(N(CCCl)CCCl)cc1.Cc1nc(OCCO)cc(Cl)c1CC(c1ccsc1[N+](=O)[O-])S(=O)(=O)Oc1ccc(N(CCCl)CCCl)cc1.Cc1nc(OCCOC(C)(C)C)cc(Cl)c1CO. The average molecular weight is 2110 g/mol. The maximum absolute atomic E-state index is 13.8. The number of rotatable bonds is 42. The Morgan fingerprint density at radius 3 is 1.08 bits per heavy atom. The van der Waals surface area contributed by atoms with Crippen LogP contribution in [-0.2, 0) is 63.4 Å². The third kappa shape index (κ3) is 38.2. The van der Waals surface area contributed by atoms with Gasteiger partial charge in [0.15, 0.2) is 0 Å².